The van der Waals surface area contributed by atoms with E-state index >= 15 is 0 Å². The van der Waals surface area contributed by atoms with Gasteiger partial charge in [0, 0.05) is 20.3 Å². The summed E-state index contributed by atoms with van der Waals surface area (Å²) in [5.74, 6) is 0. The van der Waals surface area contributed by atoms with Gasteiger partial charge in [-0.05, 0) is 12.8 Å². The standard InChI is InChI=1S/C14H28O5/c1-4-6-8-17-10-11-13(18-9-7-5-2)12(15)14(16-3)19-11/h11-15H,4-10H2,1-3H3/t11-,12+,13?,14-/m1/s1. The number of ether oxygens (including phenoxy) is 4. The first-order valence-electron chi connectivity index (χ1n) is 7.30. The van der Waals surface area contributed by atoms with Crippen LogP contribution in [0.4, 0.5) is 0 Å². The van der Waals surface area contributed by atoms with Crippen LogP contribution in [0.1, 0.15) is 39.5 Å². The second-order valence-electron chi connectivity index (χ2n) is 4.89. The van der Waals surface area contributed by atoms with Crippen LogP contribution in [0.2, 0.25) is 0 Å². The third-order valence-electron chi connectivity index (χ3n) is 3.26. The SMILES string of the molecule is CCCCOC[C@H]1O[C@@H](OC)[C@@H](O)C1OCCCC. The topological polar surface area (TPSA) is 57.2 Å². The summed E-state index contributed by atoms with van der Waals surface area (Å²) in [6.45, 7) is 6.01. The molecule has 19 heavy (non-hydrogen) atoms. The number of aliphatic hydroxyl groups is 1. The Hall–Kier alpha value is -0.200. The Morgan fingerprint density at radius 3 is 2.42 bits per heavy atom. The minimum absolute atomic E-state index is 0.256. The summed E-state index contributed by atoms with van der Waals surface area (Å²) in [6, 6.07) is 0. The van der Waals surface area contributed by atoms with Gasteiger partial charge in [0.1, 0.15) is 18.3 Å². The quantitative estimate of drug-likeness (QED) is 0.616. The van der Waals surface area contributed by atoms with Crippen LogP contribution in [0.3, 0.4) is 0 Å². The van der Waals surface area contributed by atoms with Gasteiger partial charge in [0.05, 0.1) is 6.61 Å². The molecule has 1 fully saturated rings. The van der Waals surface area contributed by atoms with Crippen LogP contribution < -0.4 is 0 Å². The Balaban J connectivity index is 2.40. The lowest BCUT2D eigenvalue weighted by atomic mass is 10.1. The Bertz CT molecular complexity index is 224. The maximum absolute atomic E-state index is 10.1. The van der Waals surface area contributed by atoms with Gasteiger partial charge in [0.15, 0.2) is 6.29 Å². The number of aliphatic hydroxyl groups excluding tert-OH is 1. The minimum Gasteiger partial charge on any atom is -0.385 e. The molecule has 1 aliphatic heterocycles. The van der Waals surface area contributed by atoms with Crippen molar-refractivity contribution in [3.63, 3.8) is 0 Å². The van der Waals surface area contributed by atoms with E-state index in [1.165, 1.54) is 7.11 Å². The summed E-state index contributed by atoms with van der Waals surface area (Å²) in [6.07, 6.45) is 2.19. The second kappa shape index (κ2) is 9.66. The molecule has 0 bridgehead atoms. The molecule has 0 aromatic rings. The molecule has 0 spiro atoms. The van der Waals surface area contributed by atoms with Gasteiger partial charge in [-0.25, -0.2) is 0 Å². The van der Waals surface area contributed by atoms with Crippen molar-refractivity contribution in [2.24, 2.45) is 0 Å². The first kappa shape index (κ1) is 16.9. The van der Waals surface area contributed by atoms with Crippen molar-refractivity contribution in [1.82, 2.24) is 0 Å². The van der Waals surface area contributed by atoms with Gasteiger partial charge in [-0.2, -0.15) is 0 Å². The van der Waals surface area contributed by atoms with E-state index in [0.29, 0.717) is 19.8 Å². The van der Waals surface area contributed by atoms with E-state index in [1.807, 2.05) is 0 Å². The van der Waals surface area contributed by atoms with Gasteiger partial charge in [0.25, 0.3) is 0 Å². The van der Waals surface area contributed by atoms with Gasteiger partial charge in [0.2, 0.25) is 0 Å². The average Bonchev–Trinajstić information content (AvgIpc) is 2.72. The van der Waals surface area contributed by atoms with Crippen molar-refractivity contribution in [1.29, 1.82) is 0 Å². The first-order valence-corrected chi connectivity index (χ1v) is 7.30. The molecule has 0 amide bonds. The predicted octanol–water partition coefficient (Wildman–Crippen LogP) is 1.72. The molecule has 0 aromatic heterocycles. The van der Waals surface area contributed by atoms with Crippen LogP contribution in [0.15, 0.2) is 0 Å². The molecule has 1 unspecified atom stereocenters. The number of unbranched alkanes of at least 4 members (excludes halogenated alkanes) is 2. The second-order valence-corrected chi connectivity index (χ2v) is 4.89. The summed E-state index contributed by atoms with van der Waals surface area (Å²) in [5, 5.41) is 10.1. The van der Waals surface area contributed by atoms with Crippen molar-refractivity contribution in [2.75, 3.05) is 26.9 Å². The summed E-state index contributed by atoms with van der Waals surface area (Å²) in [4.78, 5) is 0. The zero-order valence-electron chi connectivity index (χ0n) is 12.3. The van der Waals surface area contributed by atoms with Gasteiger partial charge >= 0.3 is 0 Å². The van der Waals surface area contributed by atoms with E-state index in [0.717, 1.165) is 25.7 Å². The van der Waals surface area contributed by atoms with Crippen LogP contribution in [-0.2, 0) is 18.9 Å². The molecule has 0 saturated carbocycles. The van der Waals surface area contributed by atoms with E-state index in [9.17, 15) is 5.11 Å². The molecule has 1 rings (SSSR count). The van der Waals surface area contributed by atoms with Crippen molar-refractivity contribution >= 4 is 0 Å². The highest BCUT2D eigenvalue weighted by Gasteiger charge is 2.44. The monoisotopic (exact) mass is 276 g/mol. The van der Waals surface area contributed by atoms with E-state index in [4.69, 9.17) is 18.9 Å². The molecule has 0 aromatic carbocycles. The summed E-state index contributed by atoms with van der Waals surface area (Å²) in [7, 11) is 1.53. The number of hydrogen-bond acceptors (Lipinski definition) is 5. The van der Waals surface area contributed by atoms with Crippen molar-refractivity contribution in [3.05, 3.63) is 0 Å². The maximum Gasteiger partial charge on any atom is 0.186 e. The molecule has 4 atom stereocenters. The van der Waals surface area contributed by atoms with E-state index in [2.05, 4.69) is 13.8 Å². The molecule has 1 saturated heterocycles. The zero-order valence-corrected chi connectivity index (χ0v) is 12.3. The van der Waals surface area contributed by atoms with Gasteiger partial charge in [-0.1, -0.05) is 26.7 Å². The van der Waals surface area contributed by atoms with E-state index in [1.54, 1.807) is 0 Å². The first-order chi connectivity index (χ1) is 9.24. The molecule has 5 heteroatoms. The highest BCUT2D eigenvalue weighted by molar-refractivity contribution is 4.88. The van der Waals surface area contributed by atoms with Crippen LogP contribution in [0, 0.1) is 0 Å². The Labute approximate surface area is 116 Å². The van der Waals surface area contributed by atoms with Gasteiger partial charge in [-0.3, -0.25) is 0 Å². The molecule has 114 valence electrons. The molecular formula is C14H28O5. The predicted molar refractivity (Wildman–Crippen MR) is 72.1 cm³/mol. The minimum atomic E-state index is -0.748. The van der Waals surface area contributed by atoms with Crippen molar-refractivity contribution in [2.45, 2.75) is 64.1 Å². The third kappa shape index (κ3) is 5.36. The molecule has 0 radical (unpaired) electrons. The lowest BCUT2D eigenvalue weighted by Crippen LogP contribution is -2.37. The Kier molecular flexibility index (Phi) is 8.57. The fourth-order valence-electron chi connectivity index (χ4n) is 2.05. The molecule has 1 aliphatic rings. The van der Waals surface area contributed by atoms with Crippen LogP contribution >= 0.6 is 0 Å². The van der Waals surface area contributed by atoms with E-state index in [-0.39, 0.29) is 12.2 Å². The molecule has 1 N–H and O–H groups in total. The molecular weight excluding hydrogens is 248 g/mol. The fraction of sp³-hybridized carbons (Fsp3) is 1.00. The molecule has 0 aliphatic carbocycles. The largest absolute Gasteiger partial charge is 0.385 e. The highest BCUT2D eigenvalue weighted by atomic mass is 16.7. The van der Waals surface area contributed by atoms with Crippen LogP contribution in [0.5, 0.6) is 0 Å². The lowest BCUT2D eigenvalue weighted by molar-refractivity contribution is -0.156. The number of hydrogen-bond donors (Lipinski definition) is 1. The zero-order chi connectivity index (χ0) is 14.1. The summed E-state index contributed by atoms with van der Waals surface area (Å²) >= 11 is 0. The van der Waals surface area contributed by atoms with E-state index < -0.39 is 12.4 Å². The Morgan fingerprint density at radius 2 is 1.79 bits per heavy atom. The smallest absolute Gasteiger partial charge is 0.186 e. The van der Waals surface area contributed by atoms with Gasteiger partial charge < -0.3 is 24.1 Å². The van der Waals surface area contributed by atoms with Crippen molar-refractivity contribution in [3.8, 4) is 0 Å². The lowest BCUT2D eigenvalue weighted by Gasteiger charge is -2.20. The van der Waals surface area contributed by atoms with Crippen LogP contribution in [-0.4, -0.2) is 56.6 Å². The normalized spacial score (nSPS) is 30.9. The summed E-state index contributed by atoms with van der Waals surface area (Å²) < 4.78 is 22.0. The summed E-state index contributed by atoms with van der Waals surface area (Å²) in [5.41, 5.74) is 0. The van der Waals surface area contributed by atoms with Crippen molar-refractivity contribution < 1.29 is 24.1 Å². The average molecular weight is 276 g/mol. The molecule has 5 nitrogen and oxygen atoms in total. The number of methoxy groups -OCH3 is 1. The molecule has 1 heterocycles. The van der Waals surface area contributed by atoms with Gasteiger partial charge in [-0.15, -0.1) is 0 Å². The highest BCUT2D eigenvalue weighted by Crippen LogP contribution is 2.25. The van der Waals surface area contributed by atoms with Crippen LogP contribution in [0.25, 0.3) is 0 Å². The third-order valence-corrected chi connectivity index (χ3v) is 3.26. The fourth-order valence-corrected chi connectivity index (χ4v) is 2.05. The Morgan fingerprint density at radius 1 is 1.11 bits per heavy atom. The number of rotatable bonds is 10. The maximum atomic E-state index is 10.1.